The minimum Gasteiger partial charge on any atom is -0.367 e. The Bertz CT molecular complexity index is 751. The fourth-order valence-corrected chi connectivity index (χ4v) is 2.77. The van der Waals surface area contributed by atoms with Crippen molar-refractivity contribution in [1.82, 2.24) is 5.16 Å². The highest BCUT2D eigenvalue weighted by Gasteiger charge is 2.18. The molecule has 0 aliphatic rings. The number of hydrogen-bond acceptors (Lipinski definition) is 3. The lowest BCUT2D eigenvalue weighted by atomic mass is 10.0. The molecule has 3 rings (SSSR count). The van der Waals surface area contributed by atoms with Crippen LogP contribution in [0.15, 0.2) is 62.0 Å². The van der Waals surface area contributed by atoms with Crippen molar-refractivity contribution in [2.45, 2.75) is 0 Å². The van der Waals surface area contributed by atoms with E-state index in [1.807, 2.05) is 48.5 Å². The maximum absolute atomic E-state index is 5.94. The fraction of sp³-hybridized carbons (Fsp3) is 0. The smallest absolute Gasteiger partial charge is 0.230 e. The summed E-state index contributed by atoms with van der Waals surface area (Å²) < 4.78 is 7.15. The molecule has 1 heterocycles. The van der Waals surface area contributed by atoms with Crippen molar-refractivity contribution >= 4 is 37.7 Å². The second kappa shape index (κ2) is 5.42. The molecule has 100 valence electrons. The van der Waals surface area contributed by atoms with E-state index < -0.39 is 0 Å². The minimum atomic E-state index is 0.318. The van der Waals surface area contributed by atoms with E-state index in [0.29, 0.717) is 5.88 Å². The largest absolute Gasteiger partial charge is 0.367 e. The maximum atomic E-state index is 5.94. The highest BCUT2D eigenvalue weighted by atomic mass is 79.9. The zero-order valence-corrected chi connectivity index (χ0v) is 13.5. The van der Waals surface area contributed by atoms with Gasteiger partial charge in [0, 0.05) is 14.5 Å². The van der Waals surface area contributed by atoms with Crippen LogP contribution in [0.4, 0.5) is 5.88 Å². The van der Waals surface area contributed by atoms with Crippen LogP contribution in [0.5, 0.6) is 0 Å². The third kappa shape index (κ3) is 2.39. The van der Waals surface area contributed by atoms with Gasteiger partial charge in [0.05, 0.1) is 5.56 Å². The molecule has 0 saturated heterocycles. The SMILES string of the molecule is Nc1onc(-c2ccccc2Br)c1-c1ccc(Br)cc1. The van der Waals surface area contributed by atoms with Gasteiger partial charge in [-0.25, -0.2) is 0 Å². The van der Waals surface area contributed by atoms with Gasteiger partial charge in [0.2, 0.25) is 5.88 Å². The van der Waals surface area contributed by atoms with Gasteiger partial charge < -0.3 is 10.3 Å². The first kappa shape index (κ1) is 13.4. The molecule has 0 spiro atoms. The van der Waals surface area contributed by atoms with Crippen LogP contribution in [-0.2, 0) is 0 Å². The third-order valence-electron chi connectivity index (χ3n) is 2.98. The van der Waals surface area contributed by atoms with Crippen LogP contribution in [0.2, 0.25) is 0 Å². The van der Waals surface area contributed by atoms with E-state index in [4.69, 9.17) is 10.3 Å². The van der Waals surface area contributed by atoms with Crippen molar-refractivity contribution in [3.8, 4) is 22.4 Å². The van der Waals surface area contributed by atoms with E-state index in [1.54, 1.807) is 0 Å². The summed E-state index contributed by atoms with van der Waals surface area (Å²) in [6.45, 7) is 0. The number of nitrogens with two attached hydrogens (primary N) is 1. The molecule has 3 nitrogen and oxygen atoms in total. The zero-order chi connectivity index (χ0) is 14.1. The van der Waals surface area contributed by atoms with E-state index in [1.165, 1.54) is 0 Å². The number of nitrogens with zero attached hydrogens (tertiary/aromatic N) is 1. The van der Waals surface area contributed by atoms with Gasteiger partial charge in [-0.3, -0.25) is 0 Å². The first-order valence-corrected chi connectivity index (χ1v) is 7.51. The average molecular weight is 394 g/mol. The van der Waals surface area contributed by atoms with E-state index in [-0.39, 0.29) is 0 Å². The Morgan fingerprint density at radius 2 is 1.65 bits per heavy atom. The summed E-state index contributed by atoms with van der Waals surface area (Å²) in [6.07, 6.45) is 0. The molecule has 0 unspecified atom stereocenters. The Labute approximate surface area is 133 Å². The number of halogens is 2. The maximum Gasteiger partial charge on any atom is 0.230 e. The molecule has 1 aromatic heterocycles. The number of nitrogen functional groups attached to an aromatic ring is 1. The van der Waals surface area contributed by atoms with Gasteiger partial charge >= 0.3 is 0 Å². The molecule has 20 heavy (non-hydrogen) atoms. The Morgan fingerprint density at radius 3 is 2.35 bits per heavy atom. The predicted octanol–water partition coefficient (Wildman–Crippen LogP) is 5.12. The molecule has 0 saturated carbocycles. The van der Waals surface area contributed by atoms with Gasteiger partial charge in [-0.05, 0) is 23.8 Å². The minimum absolute atomic E-state index is 0.318. The zero-order valence-electron chi connectivity index (χ0n) is 10.3. The van der Waals surface area contributed by atoms with Crippen molar-refractivity contribution in [3.05, 3.63) is 57.5 Å². The van der Waals surface area contributed by atoms with E-state index in [2.05, 4.69) is 37.0 Å². The van der Waals surface area contributed by atoms with Crippen LogP contribution in [0, 0.1) is 0 Å². The lowest BCUT2D eigenvalue weighted by Gasteiger charge is -2.05. The quantitative estimate of drug-likeness (QED) is 0.657. The van der Waals surface area contributed by atoms with Crippen molar-refractivity contribution in [3.63, 3.8) is 0 Å². The Hall–Kier alpha value is -1.59. The van der Waals surface area contributed by atoms with Crippen molar-refractivity contribution in [2.75, 3.05) is 5.73 Å². The second-order valence-electron chi connectivity index (χ2n) is 4.26. The summed E-state index contributed by atoms with van der Waals surface area (Å²) in [5.74, 6) is 0.318. The molecule has 5 heteroatoms. The molecule has 0 amide bonds. The van der Waals surface area contributed by atoms with Crippen molar-refractivity contribution in [1.29, 1.82) is 0 Å². The number of rotatable bonds is 2. The molecule has 3 aromatic rings. The fourth-order valence-electron chi connectivity index (χ4n) is 2.04. The van der Waals surface area contributed by atoms with Crippen LogP contribution >= 0.6 is 31.9 Å². The predicted molar refractivity (Wildman–Crippen MR) is 87.2 cm³/mol. The van der Waals surface area contributed by atoms with Crippen LogP contribution in [0.25, 0.3) is 22.4 Å². The normalized spacial score (nSPS) is 10.7. The summed E-state index contributed by atoms with van der Waals surface area (Å²) in [7, 11) is 0. The Morgan fingerprint density at radius 1 is 0.950 bits per heavy atom. The number of anilines is 1. The third-order valence-corrected chi connectivity index (χ3v) is 4.20. The number of benzene rings is 2. The monoisotopic (exact) mass is 392 g/mol. The van der Waals surface area contributed by atoms with Crippen LogP contribution < -0.4 is 5.73 Å². The molecule has 0 atom stereocenters. The van der Waals surface area contributed by atoms with Crippen LogP contribution in [-0.4, -0.2) is 5.16 Å². The summed E-state index contributed by atoms with van der Waals surface area (Å²) in [4.78, 5) is 0. The molecule has 0 aliphatic carbocycles. The second-order valence-corrected chi connectivity index (χ2v) is 6.03. The van der Waals surface area contributed by atoms with Crippen LogP contribution in [0.3, 0.4) is 0 Å². The van der Waals surface area contributed by atoms with Gasteiger partial charge in [0.25, 0.3) is 0 Å². The van der Waals surface area contributed by atoms with Gasteiger partial charge in [-0.15, -0.1) is 0 Å². The number of hydrogen-bond donors (Lipinski definition) is 1. The van der Waals surface area contributed by atoms with Crippen molar-refractivity contribution < 1.29 is 4.52 Å². The lowest BCUT2D eigenvalue weighted by Crippen LogP contribution is -1.88. The van der Waals surface area contributed by atoms with Gasteiger partial charge in [0.1, 0.15) is 5.69 Å². The van der Waals surface area contributed by atoms with Gasteiger partial charge in [-0.1, -0.05) is 67.3 Å². The molecule has 2 aromatic carbocycles. The molecular weight excluding hydrogens is 384 g/mol. The van der Waals surface area contributed by atoms with E-state index >= 15 is 0 Å². The summed E-state index contributed by atoms with van der Waals surface area (Å²) in [5.41, 5.74) is 9.41. The highest BCUT2D eigenvalue weighted by Crippen LogP contribution is 2.39. The average Bonchev–Trinajstić information content (AvgIpc) is 2.82. The lowest BCUT2D eigenvalue weighted by molar-refractivity contribution is 0.439. The Kier molecular flexibility index (Phi) is 3.63. The summed E-state index contributed by atoms with van der Waals surface area (Å²) in [5, 5.41) is 4.10. The van der Waals surface area contributed by atoms with Crippen molar-refractivity contribution in [2.24, 2.45) is 0 Å². The molecule has 0 bridgehead atoms. The topological polar surface area (TPSA) is 52.0 Å². The molecule has 0 radical (unpaired) electrons. The van der Waals surface area contributed by atoms with E-state index in [9.17, 15) is 0 Å². The summed E-state index contributed by atoms with van der Waals surface area (Å²) >= 11 is 6.96. The molecule has 0 aliphatic heterocycles. The first-order valence-electron chi connectivity index (χ1n) is 5.93. The first-order chi connectivity index (χ1) is 9.66. The number of aromatic nitrogens is 1. The van der Waals surface area contributed by atoms with E-state index in [0.717, 1.165) is 31.3 Å². The molecular formula is C15H10Br2N2O. The van der Waals surface area contributed by atoms with Gasteiger partial charge in [0.15, 0.2) is 0 Å². The molecule has 2 N–H and O–H groups in total. The standard InChI is InChI=1S/C15H10Br2N2O/c16-10-7-5-9(6-8-10)13-14(19-20-15(13)18)11-3-1-2-4-12(11)17/h1-8H,18H2. The van der Waals surface area contributed by atoms with Crippen LogP contribution in [0.1, 0.15) is 0 Å². The Balaban J connectivity index is 2.20. The van der Waals surface area contributed by atoms with Gasteiger partial charge in [-0.2, -0.15) is 0 Å². The summed E-state index contributed by atoms with van der Waals surface area (Å²) in [6, 6.07) is 15.7. The highest BCUT2D eigenvalue weighted by molar-refractivity contribution is 9.10. The molecule has 0 fully saturated rings.